The number of carbonyl (C=O) groups is 1. The number of aromatic amines is 1. The molecule has 6 heteroatoms. The van der Waals surface area contributed by atoms with Crippen LogP contribution in [-0.2, 0) is 0 Å². The van der Waals surface area contributed by atoms with Crippen LogP contribution in [0, 0.1) is 0 Å². The SMILES string of the molecule is O=C(c1cc(C2CC2)on1)N1CCCC[C@H]1c1cn[nH]c1. The highest BCUT2D eigenvalue weighted by Crippen LogP contribution is 2.40. The molecule has 110 valence electrons. The first-order valence-electron chi connectivity index (χ1n) is 7.59. The summed E-state index contributed by atoms with van der Waals surface area (Å²) in [5.41, 5.74) is 1.50. The van der Waals surface area contributed by atoms with Gasteiger partial charge < -0.3 is 9.42 Å². The predicted octanol–water partition coefficient (Wildman–Crippen LogP) is 2.64. The number of aromatic nitrogens is 3. The Hall–Kier alpha value is -2.11. The first-order chi connectivity index (χ1) is 10.3. The quantitative estimate of drug-likeness (QED) is 0.941. The zero-order chi connectivity index (χ0) is 14.2. The molecule has 4 rings (SSSR count). The highest BCUT2D eigenvalue weighted by atomic mass is 16.5. The van der Waals surface area contributed by atoms with Gasteiger partial charge in [0.1, 0.15) is 5.76 Å². The van der Waals surface area contributed by atoms with Crippen LogP contribution in [0.15, 0.2) is 23.0 Å². The molecule has 0 radical (unpaired) electrons. The third kappa shape index (κ3) is 2.34. The van der Waals surface area contributed by atoms with Crippen LogP contribution in [0.2, 0.25) is 0 Å². The van der Waals surface area contributed by atoms with E-state index in [9.17, 15) is 4.79 Å². The van der Waals surface area contributed by atoms with E-state index in [1.807, 2.05) is 17.2 Å². The molecule has 0 aromatic carbocycles. The molecule has 0 unspecified atom stereocenters. The number of piperidine rings is 1. The summed E-state index contributed by atoms with van der Waals surface area (Å²) < 4.78 is 5.31. The summed E-state index contributed by atoms with van der Waals surface area (Å²) in [4.78, 5) is 14.6. The highest BCUT2D eigenvalue weighted by molar-refractivity contribution is 5.92. The maximum Gasteiger partial charge on any atom is 0.276 e. The van der Waals surface area contributed by atoms with Crippen LogP contribution in [0.1, 0.15) is 65.9 Å². The van der Waals surface area contributed by atoms with Gasteiger partial charge in [-0.15, -0.1) is 0 Å². The molecule has 0 bridgehead atoms. The molecule has 1 amide bonds. The van der Waals surface area contributed by atoms with Crippen molar-refractivity contribution in [1.29, 1.82) is 0 Å². The summed E-state index contributed by atoms with van der Waals surface area (Å²) in [6.07, 6.45) is 9.09. The highest BCUT2D eigenvalue weighted by Gasteiger charge is 2.33. The van der Waals surface area contributed by atoms with Crippen molar-refractivity contribution in [3.8, 4) is 0 Å². The molecule has 2 fully saturated rings. The summed E-state index contributed by atoms with van der Waals surface area (Å²) in [6.45, 7) is 0.764. The minimum atomic E-state index is -0.0310. The molecule has 3 heterocycles. The average molecular weight is 286 g/mol. The van der Waals surface area contributed by atoms with E-state index >= 15 is 0 Å². The lowest BCUT2D eigenvalue weighted by Crippen LogP contribution is -2.38. The second kappa shape index (κ2) is 5.02. The van der Waals surface area contributed by atoms with Gasteiger partial charge in [-0.05, 0) is 32.1 Å². The van der Waals surface area contributed by atoms with Crippen molar-refractivity contribution in [1.82, 2.24) is 20.3 Å². The molecule has 2 aromatic heterocycles. The lowest BCUT2D eigenvalue weighted by atomic mass is 9.97. The Morgan fingerprint density at radius 3 is 3.00 bits per heavy atom. The maximum atomic E-state index is 12.7. The van der Waals surface area contributed by atoms with Crippen molar-refractivity contribution in [3.63, 3.8) is 0 Å². The topological polar surface area (TPSA) is 75.0 Å². The molecular formula is C15H18N4O2. The molecule has 2 aromatic rings. The number of hydrogen-bond acceptors (Lipinski definition) is 4. The van der Waals surface area contributed by atoms with E-state index in [0.717, 1.165) is 50.0 Å². The van der Waals surface area contributed by atoms with Gasteiger partial charge in [-0.25, -0.2) is 0 Å². The molecule has 1 atom stereocenters. The van der Waals surface area contributed by atoms with E-state index < -0.39 is 0 Å². The van der Waals surface area contributed by atoms with Gasteiger partial charge in [0.2, 0.25) is 0 Å². The number of likely N-dealkylation sites (tertiary alicyclic amines) is 1. The van der Waals surface area contributed by atoms with Gasteiger partial charge >= 0.3 is 0 Å². The van der Waals surface area contributed by atoms with Crippen LogP contribution in [-0.4, -0.2) is 32.7 Å². The van der Waals surface area contributed by atoms with Crippen LogP contribution in [0.25, 0.3) is 0 Å². The Morgan fingerprint density at radius 2 is 2.24 bits per heavy atom. The number of nitrogens with one attached hydrogen (secondary N) is 1. The summed E-state index contributed by atoms with van der Waals surface area (Å²) in [5.74, 6) is 1.30. The Morgan fingerprint density at radius 1 is 1.33 bits per heavy atom. The normalized spacial score (nSPS) is 22.5. The van der Waals surface area contributed by atoms with Gasteiger partial charge in [-0.3, -0.25) is 9.89 Å². The fourth-order valence-corrected chi connectivity index (χ4v) is 3.06. The molecule has 0 spiro atoms. The number of amides is 1. The Bertz CT molecular complexity index is 630. The average Bonchev–Trinajstić information content (AvgIpc) is 3.05. The number of rotatable bonds is 3. The van der Waals surface area contributed by atoms with Gasteiger partial charge in [-0.2, -0.15) is 5.10 Å². The standard InChI is InChI=1S/C15H18N4O2/c20-15(12-7-14(21-18-12)10-4-5-10)19-6-2-1-3-13(19)11-8-16-17-9-11/h7-10,13H,1-6H2,(H,16,17)/t13-/m0/s1. The molecular weight excluding hydrogens is 268 g/mol. The number of carbonyl (C=O) groups excluding carboxylic acids is 1. The smallest absolute Gasteiger partial charge is 0.276 e. The molecule has 1 aliphatic heterocycles. The number of hydrogen-bond donors (Lipinski definition) is 1. The summed E-state index contributed by atoms with van der Waals surface area (Å²) >= 11 is 0. The summed E-state index contributed by atoms with van der Waals surface area (Å²) in [7, 11) is 0. The zero-order valence-corrected chi connectivity index (χ0v) is 11.8. The number of nitrogens with zero attached hydrogens (tertiary/aromatic N) is 3. The van der Waals surface area contributed by atoms with Gasteiger partial charge in [0, 0.05) is 30.3 Å². The lowest BCUT2D eigenvalue weighted by molar-refractivity contribution is 0.0601. The zero-order valence-electron chi connectivity index (χ0n) is 11.8. The lowest BCUT2D eigenvalue weighted by Gasteiger charge is -2.34. The van der Waals surface area contributed by atoms with Crippen molar-refractivity contribution in [2.45, 2.75) is 44.1 Å². The Balaban J connectivity index is 1.58. The van der Waals surface area contributed by atoms with Gasteiger partial charge in [0.25, 0.3) is 5.91 Å². The predicted molar refractivity (Wildman–Crippen MR) is 74.7 cm³/mol. The van der Waals surface area contributed by atoms with Gasteiger partial charge in [0.05, 0.1) is 12.2 Å². The molecule has 1 N–H and O–H groups in total. The molecule has 6 nitrogen and oxygen atoms in total. The molecule has 1 aliphatic carbocycles. The first kappa shape index (κ1) is 12.6. The van der Waals surface area contributed by atoms with Crippen LogP contribution in [0.4, 0.5) is 0 Å². The van der Waals surface area contributed by atoms with Crippen molar-refractivity contribution in [3.05, 3.63) is 35.5 Å². The van der Waals surface area contributed by atoms with Crippen molar-refractivity contribution >= 4 is 5.91 Å². The number of H-pyrrole nitrogens is 1. The van der Waals surface area contributed by atoms with Crippen LogP contribution in [0.3, 0.4) is 0 Å². The minimum absolute atomic E-state index is 0.0310. The van der Waals surface area contributed by atoms with E-state index in [4.69, 9.17) is 4.52 Å². The largest absolute Gasteiger partial charge is 0.360 e. The van der Waals surface area contributed by atoms with E-state index in [-0.39, 0.29) is 11.9 Å². The third-order valence-electron chi connectivity index (χ3n) is 4.40. The maximum absolute atomic E-state index is 12.7. The van der Waals surface area contributed by atoms with Crippen molar-refractivity contribution < 1.29 is 9.32 Å². The van der Waals surface area contributed by atoms with E-state index in [2.05, 4.69) is 15.4 Å². The first-order valence-corrected chi connectivity index (χ1v) is 7.59. The Labute approximate surface area is 122 Å². The van der Waals surface area contributed by atoms with Crippen LogP contribution >= 0.6 is 0 Å². The fraction of sp³-hybridized carbons (Fsp3) is 0.533. The van der Waals surface area contributed by atoms with Crippen molar-refractivity contribution in [2.75, 3.05) is 6.54 Å². The summed E-state index contributed by atoms with van der Waals surface area (Å²) in [5, 5.41) is 10.8. The molecule has 21 heavy (non-hydrogen) atoms. The van der Waals surface area contributed by atoms with Crippen LogP contribution < -0.4 is 0 Å². The molecule has 1 saturated carbocycles. The van der Waals surface area contributed by atoms with Gasteiger partial charge in [0.15, 0.2) is 5.69 Å². The third-order valence-corrected chi connectivity index (χ3v) is 4.40. The van der Waals surface area contributed by atoms with Gasteiger partial charge in [-0.1, -0.05) is 5.16 Å². The summed E-state index contributed by atoms with van der Waals surface area (Å²) in [6, 6.07) is 1.91. The van der Waals surface area contributed by atoms with Crippen molar-refractivity contribution in [2.24, 2.45) is 0 Å². The molecule has 1 saturated heterocycles. The fourth-order valence-electron chi connectivity index (χ4n) is 3.06. The second-order valence-electron chi connectivity index (χ2n) is 5.93. The Kier molecular flexibility index (Phi) is 3.02. The van der Waals surface area contributed by atoms with E-state index in [0.29, 0.717) is 11.6 Å². The minimum Gasteiger partial charge on any atom is -0.360 e. The molecule has 2 aliphatic rings. The van der Waals surface area contributed by atoms with E-state index in [1.54, 1.807) is 6.20 Å². The monoisotopic (exact) mass is 286 g/mol. The van der Waals surface area contributed by atoms with E-state index in [1.165, 1.54) is 0 Å². The van der Waals surface area contributed by atoms with Crippen LogP contribution in [0.5, 0.6) is 0 Å². The second-order valence-corrected chi connectivity index (χ2v) is 5.93.